The zero-order valence-corrected chi connectivity index (χ0v) is 10.3. The molecule has 0 aliphatic heterocycles. The molecule has 19 heavy (non-hydrogen) atoms. The van der Waals surface area contributed by atoms with Crippen molar-refractivity contribution in [3.63, 3.8) is 0 Å². The van der Waals surface area contributed by atoms with E-state index in [9.17, 15) is 9.59 Å². The molecule has 0 aliphatic carbocycles. The highest BCUT2D eigenvalue weighted by Crippen LogP contribution is 2.25. The second kappa shape index (κ2) is 4.94. The van der Waals surface area contributed by atoms with Crippen LogP contribution >= 0.6 is 0 Å². The molecule has 0 radical (unpaired) electrons. The molecule has 4 heteroatoms. The Kier molecular flexibility index (Phi) is 3.33. The van der Waals surface area contributed by atoms with Gasteiger partial charge in [0.05, 0.1) is 11.1 Å². The Balaban J connectivity index is 2.70. The fourth-order valence-corrected chi connectivity index (χ4v) is 1.96. The maximum Gasteiger partial charge on any atom is 0.335 e. The van der Waals surface area contributed by atoms with Gasteiger partial charge >= 0.3 is 11.9 Å². The van der Waals surface area contributed by atoms with Crippen molar-refractivity contribution in [3.8, 4) is 11.1 Å². The first kappa shape index (κ1) is 12.8. The average molecular weight is 256 g/mol. The van der Waals surface area contributed by atoms with E-state index in [2.05, 4.69) is 0 Å². The Bertz CT molecular complexity index is 609. The maximum atomic E-state index is 11.2. The van der Waals surface area contributed by atoms with Gasteiger partial charge in [-0.25, -0.2) is 9.59 Å². The van der Waals surface area contributed by atoms with Crippen LogP contribution in [0.4, 0.5) is 0 Å². The Hall–Kier alpha value is -2.62. The molecule has 0 aromatic heterocycles. The first-order valence-electron chi connectivity index (χ1n) is 5.67. The largest absolute Gasteiger partial charge is 0.478 e. The number of aromatic carboxylic acids is 2. The smallest absolute Gasteiger partial charge is 0.335 e. The van der Waals surface area contributed by atoms with E-state index in [0.717, 1.165) is 5.56 Å². The van der Waals surface area contributed by atoms with Crippen LogP contribution < -0.4 is 0 Å². The Labute approximate surface area is 109 Å². The molecule has 0 saturated heterocycles. The number of hydrogen-bond acceptors (Lipinski definition) is 2. The predicted octanol–water partition coefficient (Wildman–Crippen LogP) is 3.06. The lowest BCUT2D eigenvalue weighted by atomic mass is 9.95. The molecule has 2 aromatic rings. The molecule has 0 spiro atoms. The number of carboxylic acid groups (broad SMARTS) is 2. The standard InChI is InChI=1S/C15H12O4/c1-9-12(14(16)17)7-11(8-13(9)15(18)19)10-5-3-2-4-6-10/h2-8H,1H3,(H,16,17)(H,18,19). The second-order valence-electron chi connectivity index (χ2n) is 4.17. The summed E-state index contributed by atoms with van der Waals surface area (Å²) in [4.78, 5) is 22.4. The van der Waals surface area contributed by atoms with Crippen molar-refractivity contribution >= 4 is 11.9 Å². The van der Waals surface area contributed by atoms with E-state index in [4.69, 9.17) is 10.2 Å². The summed E-state index contributed by atoms with van der Waals surface area (Å²) in [5.41, 5.74) is 1.66. The summed E-state index contributed by atoms with van der Waals surface area (Å²) < 4.78 is 0. The minimum Gasteiger partial charge on any atom is -0.478 e. The van der Waals surface area contributed by atoms with Crippen molar-refractivity contribution in [1.29, 1.82) is 0 Å². The van der Waals surface area contributed by atoms with Gasteiger partial charge in [0.15, 0.2) is 0 Å². The molecule has 2 N–H and O–H groups in total. The molecule has 0 aliphatic rings. The Morgan fingerprint density at radius 1 is 0.842 bits per heavy atom. The maximum absolute atomic E-state index is 11.2. The van der Waals surface area contributed by atoms with Crippen LogP contribution in [0, 0.1) is 6.92 Å². The zero-order chi connectivity index (χ0) is 14.0. The Morgan fingerprint density at radius 2 is 1.32 bits per heavy atom. The molecule has 0 unspecified atom stereocenters. The van der Waals surface area contributed by atoms with Gasteiger partial charge in [0, 0.05) is 0 Å². The van der Waals surface area contributed by atoms with Gasteiger partial charge in [0.2, 0.25) is 0 Å². The van der Waals surface area contributed by atoms with Crippen molar-refractivity contribution in [2.45, 2.75) is 6.92 Å². The van der Waals surface area contributed by atoms with Gasteiger partial charge < -0.3 is 10.2 Å². The Morgan fingerprint density at radius 3 is 1.74 bits per heavy atom. The zero-order valence-electron chi connectivity index (χ0n) is 10.3. The van der Waals surface area contributed by atoms with Gasteiger partial charge in [0.25, 0.3) is 0 Å². The van der Waals surface area contributed by atoms with E-state index in [1.54, 1.807) is 0 Å². The lowest BCUT2D eigenvalue weighted by Gasteiger charge is -2.09. The predicted molar refractivity (Wildman–Crippen MR) is 70.5 cm³/mol. The first-order valence-corrected chi connectivity index (χ1v) is 5.67. The summed E-state index contributed by atoms with van der Waals surface area (Å²) in [6.45, 7) is 1.50. The van der Waals surface area contributed by atoms with Crippen LogP contribution in [0.5, 0.6) is 0 Å². The van der Waals surface area contributed by atoms with Crippen molar-refractivity contribution in [2.75, 3.05) is 0 Å². The van der Waals surface area contributed by atoms with Crippen LogP contribution in [-0.4, -0.2) is 22.2 Å². The molecular formula is C15H12O4. The SMILES string of the molecule is Cc1c(C(=O)O)cc(-c2ccccc2)cc1C(=O)O. The van der Waals surface area contributed by atoms with E-state index < -0.39 is 11.9 Å². The number of hydrogen-bond donors (Lipinski definition) is 2. The summed E-state index contributed by atoms with van der Waals surface area (Å²) in [7, 11) is 0. The third kappa shape index (κ3) is 2.47. The van der Waals surface area contributed by atoms with Gasteiger partial charge in [-0.3, -0.25) is 0 Å². The molecule has 96 valence electrons. The highest BCUT2D eigenvalue weighted by atomic mass is 16.4. The lowest BCUT2D eigenvalue weighted by Crippen LogP contribution is -2.07. The summed E-state index contributed by atoms with van der Waals surface area (Å²) in [5, 5.41) is 18.3. The van der Waals surface area contributed by atoms with E-state index >= 15 is 0 Å². The molecule has 0 bridgehead atoms. The average Bonchev–Trinajstić information content (AvgIpc) is 2.39. The van der Waals surface area contributed by atoms with Crippen molar-refractivity contribution in [3.05, 3.63) is 59.2 Å². The number of rotatable bonds is 3. The monoisotopic (exact) mass is 256 g/mol. The molecule has 0 atom stereocenters. The van der Waals surface area contributed by atoms with Gasteiger partial charge in [-0.1, -0.05) is 30.3 Å². The third-order valence-corrected chi connectivity index (χ3v) is 2.98. The summed E-state index contributed by atoms with van der Waals surface area (Å²) >= 11 is 0. The quantitative estimate of drug-likeness (QED) is 0.885. The molecule has 0 saturated carbocycles. The van der Waals surface area contributed by atoms with Gasteiger partial charge in [0.1, 0.15) is 0 Å². The molecule has 0 heterocycles. The van der Waals surface area contributed by atoms with Gasteiger partial charge in [-0.2, -0.15) is 0 Å². The van der Waals surface area contributed by atoms with Crippen LogP contribution in [0.15, 0.2) is 42.5 Å². The first-order chi connectivity index (χ1) is 9.00. The van der Waals surface area contributed by atoms with Crippen LogP contribution in [0.2, 0.25) is 0 Å². The van der Waals surface area contributed by atoms with Crippen LogP contribution in [0.25, 0.3) is 11.1 Å². The molecular weight excluding hydrogens is 244 g/mol. The molecule has 2 rings (SSSR count). The summed E-state index contributed by atoms with van der Waals surface area (Å²) in [6, 6.07) is 12.1. The highest BCUT2D eigenvalue weighted by molar-refractivity contribution is 5.98. The summed E-state index contributed by atoms with van der Waals surface area (Å²) in [5.74, 6) is -2.25. The number of carbonyl (C=O) groups is 2. The fourth-order valence-electron chi connectivity index (χ4n) is 1.96. The normalized spacial score (nSPS) is 10.2. The topological polar surface area (TPSA) is 74.6 Å². The minimum absolute atomic E-state index is 0.0127. The van der Waals surface area contributed by atoms with Gasteiger partial charge in [-0.05, 0) is 35.7 Å². The summed E-state index contributed by atoms with van der Waals surface area (Å²) in [6.07, 6.45) is 0. The molecule has 0 fully saturated rings. The lowest BCUT2D eigenvalue weighted by molar-refractivity contribution is 0.0696. The van der Waals surface area contributed by atoms with Crippen LogP contribution in [-0.2, 0) is 0 Å². The minimum atomic E-state index is -1.13. The van der Waals surface area contributed by atoms with E-state index in [-0.39, 0.29) is 16.7 Å². The van der Waals surface area contributed by atoms with Gasteiger partial charge in [-0.15, -0.1) is 0 Å². The van der Waals surface area contributed by atoms with E-state index in [1.165, 1.54) is 19.1 Å². The van der Waals surface area contributed by atoms with Crippen molar-refractivity contribution in [1.82, 2.24) is 0 Å². The van der Waals surface area contributed by atoms with Crippen LogP contribution in [0.1, 0.15) is 26.3 Å². The molecule has 0 amide bonds. The third-order valence-electron chi connectivity index (χ3n) is 2.98. The molecule has 4 nitrogen and oxygen atoms in total. The number of carboxylic acids is 2. The van der Waals surface area contributed by atoms with E-state index in [1.807, 2.05) is 30.3 Å². The number of benzene rings is 2. The van der Waals surface area contributed by atoms with E-state index in [0.29, 0.717) is 5.56 Å². The fraction of sp³-hybridized carbons (Fsp3) is 0.0667. The van der Waals surface area contributed by atoms with Crippen molar-refractivity contribution in [2.24, 2.45) is 0 Å². The molecule has 2 aromatic carbocycles. The van der Waals surface area contributed by atoms with Crippen molar-refractivity contribution < 1.29 is 19.8 Å². The highest BCUT2D eigenvalue weighted by Gasteiger charge is 2.17. The second-order valence-corrected chi connectivity index (χ2v) is 4.17. The van der Waals surface area contributed by atoms with Crippen LogP contribution in [0.3, 0.4) is 0 Å².